The van der Waals surface area contributed by atoms with Crippen molar-refractivity contribution in [2.24, 2.45) is 0 Å². The summed E-state index contributed by atoms with van der Waals surface area (Å²) in [5.41, 5.74) is 4.31. The Morgan fingerprint density at radius 2 is 1.64 bits per heavy atom. The van der Waals surface area contributed by atoms with E-state index in [-0.39, 0.29) is 11.6 Å². The number of rotatable bonds is 8. The standard InChI is InChI=1S/C28H29FN4O3/c1-35-23-8-2-20(3-9-23)26-19-30-31-28(26)25-11-10-24(18-27(25)34)36-17-16-32-12-14-33(15-13-32)22-6-4-21(29)5-7-22/h2-11,18-19,34H,12-17H2,1H3,(H,30,31). The first kappa shape index (κ1) is 23.7. The first-order valence-electron chi connectivity index (χ1n) is 12.0. The van der Waals surface area contributed by atoms with Crippen molar-refractivity contribution in [2.75, 3.05) is 51.3 Å². The molecule has 0 atom stereocenters. The van der Waals surface area contributed by atoms with Gasteiger partial charge in [0.2, 0.25) is 0 Å². The topological polar surface area (TPSA) is 73.9 Å². The molecule has 2 N–H and O–H groups in total. The Morgan fingerprint density at radius 3 is 2.33 bits per heavy atom. The number of benzene rings is 3. The molecule has 1 aromatic heterocycles. The number of halogens is 1. The van der Waals surface area contributed by atoms with Crippen LogP contribution in [0.15, 0.2) is 72.9 Å². The number of aromatic hydroxyl groups is 1. The second-order valence-corrected chi connectivity index (χ2v) is 8.72. The first-order chi connectivity index (χ1) is 17.6. The van der Waals surface area contributed by atoms with Gasteiger partial charge in [0, 0.05) is 55.6 Å². The van der Waals surface area contributed by atoms with Gasteiger partial charge >= 0.3 is 0 Å². The summed E-state index contributed by atoms with van der Waals surface area (Å²) < 4.78 is 24.3. The highest BCUT2D eigenvalue weighted by molar-refractivity contribution is 5.83. The minimum Gasteiger partial charge on any atom is -0.507 e. The maximum atomic E-state index is 13.2. The predicted octanol–water partition coefficient (Wildman–Crippen LogP) is 4.80. The number of phenols is 1. The number of aromatic amines is 1. The Hall–Kier alpha value is -4.04. The molecule has 186 valence electrons. The summed E-state index contributed by atoms with van der Waals surface area (Å²) in [5.74, 6) is 1.31. The van der Waals surface area contributed by atoms with Crippen molar-refractivity contribution in [1.29, 1.82) is 0 Å². The van der Waals surface area contributed by atoms with Crippen molar-refractivity contribution >= 4 is 5.69 Å². The molecule has 5 rings (SSSR count). The molecule has 7 nitrogen and oxygen atoms in total. The molecule has 0 saturated carbocycles. The molecule has 0 amide bonds. The van der Waals surface area contributed by atoms with Crippen LogP contribution in [0.5, 0.6) is 17.2 Å². The third kappa shape index (κ3) is 5.28. The lowest BCUT2D eigenvalue weighted by Gasteiger charge is -2.36. The monoisotopic (exact) mass is 488 g/mol. The summed E-state index contributed by atoms with van der Waals surface area (Å²) in [6.07, 6.45) is 1.75. The lowest BCUT2D eigenvalue weighted by atomic mass is 10.0. The average Bonchev–Trinajstić information content (AvgIpc) is 3.39. The normalized spacial score (nSPS) is 14.1. The number of nitrogens with zero attached hydrogens (tertiary/aromatic N) is 3. The van der Waals surface area contributed by atoms with Crippen molar-refractivity contribution in [1.82, 2.24) is 15.1 Å². The summed E-state index contributed by atoms with van der Waals surface area (Å²) in [7, 11) is 1.63. The molecule has 4 aromatic rings. The van der Waals surface area contributed by atoms with Gasteiger partial charge in [-0.15, -0.1) is 0 Å². The smallest absolute Gasteiger partial charge is 0.128 e. The molecule has 1 fully saturated rings. The van der Waals surface area contributed by atoms with E-state index < -0.39 is 0 Å². The lowest BCUT2D eigenvalue weighted by molar-refractivity contribution is 0.200. The van der Waals surface area contributed by atoms with Gasteiger partial charge < -0.3 is 19.5 Å². The van der Waals surface area contributed by atoms with Gasteiger partial charge in [-0.3, -0.25) is 10.00 Å². The van der Waals surface area contributed by atoms with E-state index in [0.29, 0.717) is 17.9 Å². The van der Waals surface area contributed by atoms with Crippen LogP contribution in [0.25, 0.3) is 22.4 Å². The molecule has 36 heavy (non-hydrogen) atoms. The van der Waals surface area contributed by atoms with Crippen LogP contribution in [-0.4, -0.2) is 66.6 Å². The Morgan fingerprint density at radius 1 is 0.917 bits per heavy atom. The molecule has 1 aliphatic heterocycles. The number of piperazine rings is 1. The van der Waals surface area contributed by atoms with Crippen LogP contribution in [0.3, 0.4) is 0 Å². The summed E-state index contributed by atoms with van der Waals surface area (Å²) in [5, 5.41) is 17.9. The van der Waals surface area contributed by atoms with E-state index in [4.69, 9.17) is 9.47 Å². The summed E-state index contributed by atoms with van der Waals surface area (Å²) >= 11 is 0. The molecule has 2 heterocycles. The minimum absolute atomic E-state index is 0.124. The van der Waals surface area contributed by atoms with Crippen LogP contribution >= 0.6 is 0 Å². The van der Waals surface area contributed by atoms with Gasteiger partial charge in [0.05, 0.1) is 19.0 Å². The molecule has 8 heteroatoms. The SMILES string of the molecule is COc1ccc(-c2cn[nH]c2-c2ccc(OCCN3CCN(c4ccc(F)cc4)CC3)cc2O)cc1. The van der Waals surface area contributed by atoms with Gasteiger partial charge in [0.1, 0.15) is 29.7 Å². The maximum absolute atomic E-state index is 13.2. The van der Waals surface area contributed by atoms with E-state index in [1.807, 2.05) is 48.5 Å². The highest BCUT2D eigenvalue weighted by Gasteiger charge is 2.18. The number of hydrogen-bond donors (Lipinski definition) is 2. The summed E-state index contributed by atoms with van der Waals surface area (Å²) in [4.78, 5) is 4.61. The van der Waals surface area contributed by atoms with Gasteiger partial charge in [-0.2, -0.15) is 5.10 Å². The van der Waals surface area contributed by atoms with Crippen molar-refractivity contribution in [2.45, 2.75) is 0 Å². The van der Waals surface area contributed by atoms with Crippen LogP contribution in [0, 0.1) is 5.82 Å². The van der Waals surface area contributed by atoms with Gasteiger partial charge in [0.25, 0.3) is 0 Å². The Kier molecular flexibility index (Phi) is 7.04. The van der Waals surface area contributed by atoms with Gasteiger partial charge in [-0.05, 0) is 54.1 Å². The van der Waals surface area contributed by atoms with E-state index >= 15 is 0 Å². The first-order valence-corrected chi connectivity index (χ1v) is 12.0. The van der Waals surface area contributed by atoms with E-state index in [2.05, 4.69) is 20.0 Å². The zero-order chi connectivity index (χ0) is 24.9. The predicted molar refractivity (Wildman–Crippen MR) is 138 cm³/mol. The van der Waals surface area contributed by atoms with E-state index in [1.54, 1.807) is 19.4 Å². The molecule has 0 spiro atoms. The maximum Gasteiger partial charge on any atom is 0.128 e. The molecule has 0 radical (unpaired) electrons. The zero-order valence-electron chi connectivity index (χ0n) is 20.2. The number of anilines is 1. The molecular formula is C28H29FN4O3. The van der Waals surface area contributed by atoms with Crippen LogP contribution < -0.4 is 14.4 Å². The van der Waals surface area contributed by atoms with E-state index in [1.165, 1.54) is 12.1 Å². The number of aromatic nitrogens is 2. The minimum atomic E-state index is -0.212. The number of ether oxygens (including phenoxy) is 2. The number of H-pyrrole nitrogens is 1. The number of hydrogen-bond acceptors (Lipinski definition) is 6. The van der Waals surface area contributed by atoms with Crippen LogP contribution in [0.4, 0.5) is 10.1 Å². The van der Waals surface area contributed by atoms with Crippen molar-refractivity contribution in [3.63, 3.8) is 0 Å². The highest BCUT2D eigenvalue weighted by atomic mass is 19.1. The summed E-state index contributed by atoms with van der Waals surface area (Å²) in [6, 6.07) is 19.7. The third-order valence-electron chi connectivity index (χ3n) is 6.52. The molecular weight excluding hydrogens is 459 g/mol. The fourth-order valence-corrected chi connectivity index (χ4v) is 4.47. The van der Waals surface area contributed by atoms with Crippen molar-refractivity contribution in [3.8, 4) is 39.6 Å². The van der Waals surface area contributed by atoms with Crippen LogP contribution in [0.1, 0.15) is 0 Å². The van der Waals surface area contributed by atoms with E-state index in [9.17, 15) is 9.50 Å². The largest absolute Gasteiger partial charge is 0.507 e. The molecule has 0 unspecified atom stereocenters. The van der Waals surface area contributed by atoms with Crippen LogP contribution in [-0.2, 0) is 0 Å². The second kappa shape index (κ2) is 10.7. The Balaban J connectivity index is 1.16. The third-order valence-corrected chi connectivity index (χ3v) is 6.52. The molecule has 1 aliphatic rings. The molecule has 0 aliphatic carbocycles. The number of nitrogens with one attached hydrogen (secondary N) is 1. The van der Waals surface area contributed by atoms with Gasteiger partial charge in [0.15, 0.2) is 0 Å². The van der Waals surface area contributed by atoms with Crippen LogP contribution in [0.2, 0.25) is 0 Å². The Labute approximate surface area is 209 Å². The van der Waals surface area contributed by atoms with Crippen molar-refractivity contribution in [3.05, 3.63) is 78.7 Å². The fourth-order valence-electron chi connectivity index (χ4n) is 4.47. The molecule has 0 bridgehead atoms. The second-order valence-electron chi connectivity index (χ2n) is 8.72. The van der Waals surface area contributed by atoms with E-state index in [0.717, 1.165) is 61.0 Å². The number of methoxy groups -OCH3 is 1. The Bertz CT molecular complexity index is 1280. The lowest BCUT2D eigenvalue weighted by Crippen LogP contribution is -2.47. The quantitative estimate of drug-likeness (QED) is 0.371. The van der Waals surface area contributed by atoms with Gasteiger partial charge in [-0.1, -0.05) is 12.1 Å². The zero-order valence-corrected chi connectivity index (χ0v) is 20.2. The van der Waals surface area contributed by atoms with Crippen molar-refractivity contribution < 1.29 is 19.0 Å². The molecule has 1 saturated heterocycles. The highest BCUT2D eigenvalue weighted by Crippen LogP contribution is 2.37. The number of phenolic OH excluding ortho intramolecular Hbond substituents is 1. The fraction of sp³-hybridized carbons (Fsp3) is 0.250. The summed E-state index contributed by atoms with van der Waals surface area (Å²) in [6.45, 7) is 4.93. The van der Waals surface area contributed by atoms with Gasteiger partial charge in [-0.25, -0.2) is 4.39 Å². The average molecular weight is 489 g/mol. The molecule has 3 aromatic carbocycles.